The number of esters is 2. The van der Waals surface area contributed by atoms with Gasteiger partial charge in [0.25, 0.3) is 0 Å². The van der Waals surface area contributed by atoms with Crippen molar-refractivity contribution in [2.24, 2.45) is 85.8 Å². The van der Waals surface area contributed by atoms with Gasteiger partial charge in [-0.3, -0.25) is 14.9 Å². The molecule has 14 aliphatic rings. The topological polar surface area (TPSA) is 181 Å². The van der Waals surface area contributed by atoms with E-state index in [0.29, 0.717) is 54.7 Å². The van der Waals surface area contributed by atoms with Crippen LogP contribution in [-0.4, -0.2) is 106 Å². The van der Waals surface area contributed by atoms with Crippen molar-refractivity contribution in [1.82, 2.24) is 10.2 Å². The number of ether oxygens (including phenoxy) is 4. The first kappa shape index (κ1) is 54.8. The standard InChI is InChI=1S/C70H94N2O11/c1-63-25-20-54-68-40-80-62(78)67(29-28-66(39-67)27-26-65(38-66)23-9-10-24-65)61(68)83-64(2,46-15-7-4-8-16-46)56(68)55(75)57(76)69(54,47-17-11-14-43(33-47)32-42-12-5-3-6-13-42)70(63)59(82-70)60(77)81-58(63)49-22-31-79-53(49)35-50(52(74)37-73)44-18-19-48-45(34-44)21-30-72-41-71-36-51(48)72/h3,5-6,12-13,21-22,30-31,43-48,50-52,54,56-59,61,71,73-74,76H,4,7-11,14-20,23-29,32-41H2,1-2H3/t43-,44+,45+,47-,48+,50-,51-,52+,54+,56+,57+,58-,59+,61-,63-,64+,66+,67-,68+,69-,70+/m0/s1. The molecule has 450 valence electrons. The maximum Gasteiger partial charge on any atom is 0.339 e. The van der Waals surface area contributed by atoms with E-state index in [1.807, 2.05) is 6.07 Å². The highest BCUT2D eigenvalue weighted by Gasteiger charge is 2.94. The number of nitrogens with zero attached hydrogens (tertiary/aromatic N) is 1. The van der Waals surface area contributed by atoms with Crippen LogP contribution in [0, 0.1) is 85.8 Å². The highest BCUT2D eigenvalue weighted by molar-refractivity contribution is 5.93. The molecular formula is C70H94N2O11. The summed E-state index contributed by atoms with van der Waals surface area (Å²) in [6, 6.07) is 13.1. The number of allylic oxidation sites excluding steroid dienone is 1. The molecule has 0 amide bonds. The molecule has 6 aliphatic heterocycles. The first-order valence-corrected chi connectivity index (χ1v) is 33.7. The quantitative estimate of drug-likeness (QED) is 0.131. The number of epoxide rings is 1. The van der Waals surface area contributed by atoms with Gasteiger partial charge in [0.1, 0.15) is 30.2 Å². The number of cyclic esters (lactones) is 2. The Kier molecular flexibility index (Phi) is 12.8. The molecule has 21 atom stereocenters. The minimum atomic E-state index is -1.48. The Morgan fingerprint density at radius 3 is 2.41 bits per heavy atom. The Labute approximate surface area is 491 Å². The molecule has 0 unspecified atom stereocenters. The van der Waals surface area contributed by atoms with Gasteiger partial charge in [-0.05, 0) is 199 Å². The first-order valence-electron chi connectivity index (χ1n) is 33.7. The molecule has 0 bridgehead atoms. The fraction of sp³-hybridized carbons (Fsp3) is 0.786. The molecule has 4 N–H and O–H groups in total. The molecule has 7 heterocycles. The molecule has 13 fully saturated rings. The number of rotatable bonds is 10. The predicted octanol–water partition coefficient (Wildman–Crippen LogP) is 10.5. The Morgan fingerprint density at radius 1 is 0.795 bits per heavy atom. The zero-order valence-corrected chi connectivity index (χ0v) is 49.6. The SMILES string of the molecule is C[C@@]12CC[C@@H]3[C@@]45COC(=O)[C@]6(CC[C@@]7(CCC8(CCCC8)C7)C6)[C@@H]4O[C@](C)(C4CCCCC4)[C@H]5C(=O)[C@@H](O)[C@@]3([C@H]3CCC[C@@H](Cc4ccccc4)C3)[C@]13O[C@@H]3C(=O)O[C@H]2c1ccoc1C[C@@H]([C@@H]1CC[C@@H]2[C@H](C=CN3CNC[C@@H]23)C1)[C@H](O)CO. The Morgan fingerprint density at radius 2 is 1.59 bits per heavy atom. The van der Waals surface area contributed by atoms with Crippen LogP contribution in [0.15, 0.2) is 59.4 Å². The van der Waals surface area contributed by atoms with Crippen LogP contribution in [0.3, 0.4) is 0 Å². The third-order valence-electron chi connectivity index (χ3n) is 28.1. The van der Waals surface area contributed by atoms with Crippen molar-refractivity contribution in [3.05, 3.63) is 71.8 Å². The Balaban J connectivity index is 0.825. The minimum absolute atomic E-state index is 0.0127. The van der Waals surface area contributed by atoms with Gasteiger partial charge < -0.3 is 43.6 Å². The van der Waals surface area contributed by atoms with Crippen LogP contribution in [0.4, 0.5) is 0 Å². The summed E-state index contributed by atoms with van der Waals surface area (Å²) >= 11 is 0. The molecule has 2 aromatic rings. The molecule has 1 aromatic carbocycles. The van der Waals surface area contributed by atoms with Gasteiger partial charge >= 0.3 is 11.9 Å². The summed E-state index contributed by atoms with van der Waals surface area (Å²) in [6.07, 6.45) is 26.2. The normalized spacial score (nSPS) is 48.2. The summed E-state index contributed by atoms with van der Waals surface area (Å²) in [4.78, 5) is 50.5. The summed E-state index contributed by atoms with van der Waals surface area (Å²) in [6.45, 7) is 5.98. The van der Waals surface area contributed by atoms with Gasteiger partial charge in [-0.25, -0.2) is 4.79 Å². The lowest BCUT2D eigenvalue weighted by atomic mass is 9.31. The Hall–Kier alpha value is -3.59. The van der Waals surface area contributed by atoms with Crippen LogP contribution in [0.1, 0.15) is 191 Å². The van der Waals surface area contributed by atoms with Crippen molar-refractivity contribution >= 4 is 17.7 Å². The van der Waals surface area contributed by atoms with E-state index in [-0.39, 0.29) is 65.9 Å². The number of ketones is 1. The number of furan rings is 1. The van der Waals surface area contributed by atoms with E-state index < -0.39 is 75.3 Å². The summed E-state index contributed by atoms with van der Waals surface area (Å²) in [5.41, 5.74) is -4.04. The number of aliphatic hydroxyl groups is 3. The van der Waals surface area contributed by atoms with Crippen LogP contribution in [-0.2, 0) is 46.2 Å². The molecule has 16 rings (SSSR count). The van der Waals surface area contributed by atoms with Gasteiger partial charge in [0.05, 0.1) is 48.7 Å². The van der Waals surface area contributed by atoms with Crippen LogP contribution >= 0.6 is 0 Å². The maximum atomic E-state index is 17.1. The van der Waals surface area contributed by atoms with Gasteiger partial charge in [0.15, 0.2) is 11.9 Å². The minimum Gasteiger partial charge on any atom is -0.469 e. The van der Waals surface area contributed by atoms with Gasteiger partial charge in [-0.15, -0.1) is 0 Å². The number of hydrogen-bond donors (Lipinski definition) is 4. The zero-order valence-electron chi connectivity index (χ0n) is 49.6. The highest BCUT2D eigenvalue weighted by Crippen LogP contribution is 2.85. The highest BCUT2D eigenvalue weighted by atomic mass is 16.7. The molecule has 83 heavy (non-hydrogen) atoms. The first-order chi connectivity index (χ1) is 40.2. The fourth-order valence-corrected chi connectivity index (χ4v) is 24.9. The van der Waals surface area contributed by atoms with E-state index in [2.05, 4.69) is 66.7 Å². The van der Waals surface area contributed by atoms with E-state index in [4.69, 9.17) is 23.4 Å². The van der Waals surface area contributed by atoms with Gasteiger partial charge in [0.2, 0.25) is 0 Å². The van der Waals surface area contributed by atoms with Gasteiger partial charge in [-0.2, -0.15) is 0 Å². The monoisotopic (exact) mass is 1140 g/mol. The number of aliphatic hydroxyl groups excluding tert-OH is 3. The lowest BCUT2D eigenvalue weighted by Gasteiger charge is -2.71. The lowest BCUT2D eigenvalue weighted by Crippen LogP contribution is -2.80. The molecular weight excluding hydrogens is 1040 g/mol. The van der Waals surface area contributed by atoms with Gasteiger partial charge in [0, 0.05) is 40.8 Å². The predicted molar refractivity (Wildman–Crippen MR) is 307 cm³/mol. The summed E-state index contributed by atoms with van der Waals surface area (Å²) in [5.74, 6) is -0.434. The van der Waals surface area contributed by atoms with Crippen LogP contribution in [0.2, 0.25) is 0 Å². The van der Waals surface area contributed by atoms with Crippen molar-refractivity contribution in [2.45, 2.75) is 229 Å². The molecule has 8 aliphatic carbocycles. The second-order valence-electron chi connectivity index (χ2n) is 31.4. The summed E-state index contributed by atoms with van der Waals surface area (Å²) in [5, 5.41) is 40.6. The average molecular weight is 1140 g/mol. The molecule has 5 spiro atoms. The number of carbonyl (C=O) groups is 3. The molecule has 13 heteroatoms. The lowest BCUT2D eigenvalue weighted by molar-refractivity contribution is -0.286. The number of hydrogen-bond acceptors (Lipinski definition) is 13. The van der Waals surface area contributed by atoms with Crippen molar-refractivity contribution < 1.29 is 53.1 Å². The maximum absolute atomic E-state index is 17.1. The van der Waals surface area contributed by atoms with Crippen molar-refractivity contribution in [3.8, 4) is 0 Å². The van der Waals surface area contributed by atoms with Crippen LogP contribution in [0.5, 0.6) is 0 Å². The van der Waals surface area contributed by atoms with Crippen molar-refractivity contribution in [3.63, 3.8) is 0 Å². The number of Topliss-reactive ketones (excluding diaryl/α,β-unsaturated/α-hetero) is 1. The van der Waals surface area contributed by atoms with Crippen LogP contribution in [0.25, 0.3) is 0 Å². The largest absolute Gasteiger partial charge is 0.469 e. The second-order valence-corrected chi connectivity index (χ2v) is 31.4. The average Bonchev–Trinajstić information content (AvgIpc) is 1.53. The van der Waals surface area contributed by atoms with Crippen LogP contribution < -0.4 is 5.32 Å². The van der Waals surface area contributed by atoms with E-state index in [0.717, 1.165) is 128 Å². The molecule has 0 radical (unpaired) electrons. The molecule has 13 nitrogen and oxygen atoms in total. The summed E-state index contributed by atoms with van der Waals surface area (Å²) in [7, 11) is 0. The molecule has 5 saturated heterocycles. The third-order valence-corrected chi connectivity index (χ3v) is 28.1. The smallest absolute Gasteiger partial charge is 0.339 e. The molecule has 1 aromatic heterocycles. The van der Waals surface area contributed by atoms with E-state index in [9.17, 15) is 15.3 Å². The zero-order chi connectivity index (χ0) is 56.5. The molecule has 8 saturated carbocycles. The number of benzene rings is 1. The third kappa shape index (κ3) is 7.48. The number of carbonyl (C=O) groups excluding carboxylic acids is 3. The van der Waals surface area contributed by atoms with Crippen molar-refractivity contribution in [2.75, 3.05) is 26.4 Å². The fourth-order valence-electron chi connectivity index (χ4n) is 24.9. The van der Waals surface area contributed by atoms with E-state index in [1.165, 1.54) is 37.7 Å². The second kappa shape index (κ2) is 19.5. The van der Waals surface area contributed by atoms with Crippen molar-refractivity contribution in [1.29, 1.82) is 0 Å². The summed E-state index contributed by atoms with van der Waals surface area (Å²) < 4.78 is 36.0. The Bertz CT molecular complexity index is 2900. The number of nitrogens with one attached hydrogen (secondary N) is 1. The van der Waals surface area contributed by atoms with E-state index in [1.54, 1.807) is 6.26 Å². The van der Waals surface area contributed by atoms with E-state index >= 15 is 14.4 Å². The van der Waals surface area contributed by atoms with Gasteiger partial charge in [-0.1, -0.05) is 88.3 Å². The number of fused-ring (bicyclic) bond motifs is 5.